The molecule has 2 atom stereocenters. The van der Waals surface area contributed by atoms with Gasteiger partial charge in [-0.2, -0.15) is 0 Å². The number of pyridine rings is 1. The standard InChI is InChI=1S/C16H24FN3O3/c17-14-2-1-3-18-15(14)19-9-13-8-16(23-10-13)11-20(4-6-21)5-7-22-12-16/h1-3,13,21H,4-12H2,(H,18,19)/t13-,16-/m0/s1. The topological polar surface area (TPSA) is 66.9 Å². The van der Waals surface area contributed by atoms with Gasteiger partial charge in [0.2, 0.25) is 0 Å². The quantitative estimate of drug-likeness (QED) is 0.832. The van der Waals surface area contributed by atoms with E-state index in [1.165, 1.54) is 6.07 Å². The van der Waals surface area contributed by atoms with Crippen LogP contribution in [0.5, 0.6) is 0 Å². The van der Waals surface area contributed by atoms with E-state index in [4.69, 9.17) is 14.6 Å². The van der Waals surface area contributed by atoms with Gasteiger partial charge in [-0.1, -0.05) is 0 Å². The van der Waals surface area contributed by atoms with E-state index < -0.39 is 0 Å². The van der Waals surface area contributed by atoms with E-state index in [0.717, 1.165) is 19.5 Å². The van der Waals surface area contributed by atoms with E-state index in [9.17, 15) is 4.39 Å². The Balaban J connectivity index is 1.55. The minimum atomic E-state index is -0.340. The van der Waals surface area contributed by atoms with Gasteiger partial charge in [0, 0.05) is 38.3 Å². The third-order valence-corrected chi connectivity index (χ3v) is 4.45. The zero-order valence-electron chi connectivity index (χ0n) is 13.2. The predicted molar refractivity (Wildman–Crippen MR) is 83.8 cm³/mol. The van der Waals surface area contributed by atoms with Gasteiger partial charge in [-0.15, -0.1) is 0 Å². The van der Waals surface area contributed by atoms with E-state index in [0.29, 0.717) is 32.9 Å². The number of anilines is 1. The van der Waals surface area contributed by atoms with Gasteiger partial charge in [0.15, 0.2) is 11.6 Å². The predicted octanol–water partition coefficient (Wildman–Crippen LogP) is 0.732. The minimum Gasteiger partial charge on any atom is -0.395 e. The zero-order valence-corrected chi connectivity index (χ0v) is 13.2. The monoisotopic (exact) mass is 325 g/mol. The van der Waals surface area contributed by atoms with Crippen LogP contribution >= 0.6 is 0 Å². The third-order valence-electron chi connectivity index (χ3n) is 4.45. The van der Waals surface area contributed by atoms with Crippen molar-refractivity contribution in [1.82, 2.24) is 9.88 Å². The first-order chi connectivity index (χ1) is 11.2. The van der Waals surface area contributed by atoms with Gasteiger partial charge in [0.1, 0.15) is 5.60 Å². The van der Waals surface area contributed by atoms with Crippen LogP contribution in [0, 0.1) is 11.7 Å². The molecule has 1 aromatic rings. The van der Waals surface area contributed by atoms with Gasteiger partial charge in [0.05, 0.1) is 26.4 Å². The maximum absolute atomic E-state index is 13.6. The highest BCUT2D eigenvalue weighted by Gasteiger charge is 2.43. The fourth-order valence-electron chi connectivity index (χ4n) is 3.35. The first-order valence-electron chi connectivity index (χ1n) is 8.10. The molecule has 6 nitrogen and oxygen atoms in total. The first kappa shape index (κ1) is 16.6. The van der Waals surface area contributed by atoms with Crippen LogP contribution in [-0.2, 0) is 9.47 Å². The molecule has 0 aliphatic carbocycles. The van der Waals surface area contributed by atoms with Crippen LogP contribution in [-0.4, -0.2) is 73.2 Å². The van der Waals surface area contributed by atoms with Gasteiger partial charge in [0.25, 0.3) is 0 Å². The molecule has 2 aliphatic rings. The number of hydrogen-bond donors (Lipinski definition) is 2. The van der Waals surface area contributed by atoms with E-state index in [1.54, 1.807) is 12.3 Å². The smallest absolute Gasteiger partial charge is 0.165 e. The number of nitrogens with zero attached hydrogens (tertiary/aromatic N) is 2. The van der Waals surface area contributed by atoms with Crippen molar-refractivity contribution >= 4 is 5.82 Å². The summed E-state index contributed by atoms with van der Waals surface area (Å²) in [5, 5.41) is 12.2. The number of aliphatic hydroxyl groups excluding tert-OH is 1. The molecular weight excluding hydrogens is 301 g/mol. The Morgan fingerprint density at radius 1 is 1.52 bits per heavy atom. The van der Waals surface area contributed by atoms with Crippen LogP contribution in [0.15, 0.2) is 18.3 Å². The SMILES string of the molecule is OCCN1CCOC[C@]2(C[C@@H](CNc3ncccc3F)CO2)C1. The number of hydrogen-bond acceptors (Lipinski definition) is 6. The van der Waals surface area contributed by atoms with Crippen molar-refractivity contribution in [1.29, 1.82) is 0 Å². The Hall–Kier alpha value is -1.28. The molecule has 0 amide bonds. The number of nitrogens with one attached hydrogen (secondary N) is 1. The fraction of sp³-hybridized carbons (Fsp3) is 0.688. The summed E-state index contributed by atoms with van der Waals surface area (Å²) < 4.78 is 25.4. The lowest BCUT2D eigenvalue weighted by Crippen LogP contribution is -2.45. The first-order valence-corrected chi connectivity index (χ1v) is 8.10. The number of aliphatic hydroxyl groups is 1. The molecule has 2 aliphatic heterocycles. The van der Waals surface area contributed by atoms with Crippen LogP contribution in [0.25, 0.3) is 0 Å². The Bertz CT molecular complexity index is 519. The van der Waals surface area contributed by atoms with Crippen molar-refractivity contribution in [2.45, 2.75) is 12.0 Å². The van der Waals surface area contributed by atoms with Gasteiger partial charge >= 0.3 is 0 Å². The molecule has 2 fully saturated rings. The van der Waals surface area contributed by atoms with E-state index in [-0.39, 0.29) is 29.8 Å². The number of β-amino-alcohol motifs (C(OH)–C–C–N with tert-alkyl or cyclic N) is 1. The molecule has 2 saturated heterocycles. The summed E-state index contributed by atoms with van der Waals surface area (Å²) in [6.07, 6.45) is 2.43. The van der Waals surface area contributed by atoms with Gasteiger partial charge < -0.3 is 19.9 Å². The molecule has 0 saturated carbocycles. The summed E-state index contributed by atoms with van der Waals surface area (Å²) in [6.45, 7) is 4.83. The van der Waals surface area contributed by atoms with Crippen molar-refractivity contribution < 1.29 is 19.0 Å². The Morgan fingerprint density at radius 3 is 3.26 bits per heavy atom. The second-order valence-corrected chi connectivity index (χ2v) is 6.33. The largest absolute Gasteiger partial charge is 0.395 e. The molecule has 2 N–H and O–H groups in total. The number of aromatic nitrogens is 1. The summed E-state index contributed by atoms with van der Waals surface area (Å²) in [5.41, 5.74) is -0.319. The highest BCUT2D eigenvalue weighted by Crippen LogP contribution is 2.32. The average molecular weight is 325 g/mol. The molecule has 0 radical (unpaired) electrons. The lowest BCUT2D eigenvalue weighted by atomic mass is 9.94. The molecule has 128 valence electrons. The molecule has 0 aromatic carbocycles. The van der Waals surface area contributed by atoms with Crippen molar-refractivity contribution in [2.24, 2.45) is 5.92 Å². The molecular formula is C16H24FN3O3. The number of ether oxygens (including phenoxy) is 2. The van der Waals surface area contributed by atoms with Gasteiger partial charge in [-0.05, 0) is 18.6 Å². The molecule has 3 heterocycles. The highest BCUT2D eigenvalue weighted by molar-refractivity contribution is 5.35. The van der Waals surface area contributed by atoms with Crippen LogP contribution in [0.4, 0.5) is 10.2 Å². The zero-order chi connectivity index (χ0) is 16.1. The summed E-state index contributed by atoms with van der Waals surface area (Å²) in [6, 6.07) is 2.97. The average Bonchev–Trinajstić information content (AvgIpc) is 2.83. The highest BCUT2D eigenvalue weighted by atomic mass is 19.1. The summed E-state index contributed by atoms with van der Waals surface area (Å²) in [7, 11) is 0. The molecule has 0 unspecified atom stereocenters. The number of halogens is 1. The molecule has 1 spiro atoms. The molecule has 1 aromatic heterocycles. The molecule has 3 rings (SSSR count). The summed E-state index contributed by atoms with van der Waals surface area (Å²) in [4.78, 5) is 6.19. The summed E-state index contributed by atoms with van der Waals surface area (Å²) in [5.74, 6) is 0.231. The van der Waals surface area contributed by atoms with Crippen molar-refractivity contribution in [2.75, 3.05) is 57.9 Å². The molecule has 23 heavy (non-hydrogen) atoms. The second-order valence-electron chi connectivity index (χ2n) is 6.33. The van der Waals surface area contributed by atoms with Crippen LogP contribution < -0.4 is 5.32 Å². The Labute approximate surface area is 135 Å². The van der Waals surface area contributed by atoms with E-state index in [1.807, 2.05) is 0 Å². The van der Waals surface area contributed by atoms with Crippen LogP contribution in [0.1, 0.15) is 6.42 Å². The molecule has 0 bridgehead atoms. The van der Waals surface area contributed by atoms with Crippen molar-refractivity contribution in [3.05, 3.63) is 24.1 Å². The van der Waals surface area contributed by atoms with Crippen molar-refractivity contribution in [3.8, 4) is 0 Å². The lowest BCUT2D eigenvalue weighted by molar-refractivity contribution is -0.0563. The third kappa shape index (κ3) is 4.17. The Kier molecular flexibility index (Phi) is 5.42. The fourth-order valence-corrected chi connectivity index (χ4v) is 3.35. The van der Waals surface area contributed by atoms with Crippen molar-refractivity contribution in [3.63, 3.8) is 0 Å². The van der Waals surface area contributed by atoms with E-state index in [2.05, 4.69) is 15.2 Å². The number of rotatable bonds is 5. The minimum absolute atomic E-state index is 0.139. The second kappa shape index (κ2) is 7.53. The van der Waals surface area contributed by atoms with E-state index >= 15 is 0 Å². The maximum Gasteiger partial charge on any atom is 0.165 e. The van der Waals surface area contributed by atoms with Gasteiger partial charge in [-0.25, -0.2) is 9.37 Å². The van der Waals surface area contributed by atoms with Crippen LogP contribution in [0.2, 0.25) is 0 Å². The van der Waals surface area contributed by atoms with Gasteiger partial charge in [-0.3, -0.25) is 4.90 Å². The Morgan fingerprint density at radius 2 is 2.43 bits per heavy atom. The van der Waals surface area contributed by atoms with Crippen LogP contribution in [0.3, 0.4) is 0 Å². The molecule has 7 heteroatoms. The summed E-state index contributed by atoms with van der Waals surface area (Å²) >= 11 is 0. The normalized spacial score (nSPS) is 28.9. The maximum atomic E-state index is 13.6. The lowest BCUT2D eigenvalue weighted by Gasteiger charge is -2.30.